The average molecular weight is 226 g/mol. The molecule has 0 saturated heterocycles. The van der Waals surface area contributed by atoms with Gasteiger partial charge in [-0.05, 0) is 57.4 Å². The van der Waals surface area contributed by atoms with E-state index in [1.165, 1.54) is 19.3 Å². The summed E-state index contributed by atoms with van der Waals surface area (Å²) in [6, 6.07) is 0.429. The van der Waals surface area contributed by atoms with Crippen LogP contribution in [0, 0.1) is 11.3 Å². The van der Waals surface area contributed by atoms with Gasteiger partial charge in [0.15, 0.2) is 0 Å². The van der Waals surface area contributed by atoms with Gasteiger partial charge in [-0.25, -0.2) is 0 Å². The van der Waals surface area contributed by atoms with Crippen LogP contribution in [0.5, 0.6) is 0 Å². The van der Waals surface area contributed by atoms with Crippen molar-refractivity contribution in [2.75, 3.05) is 6.54 Å². The molecule has 3 N–H and O–H groups in total. The van der Waals surface area contributed by atoms with Crippen molar-refractivity contribution in [2.45, 2.75) is 71.9 Å². The van der Waals surface area contributed by atoms with Crippen molar-refractivity contribution < 1.29 is 0 Å². The van der Waals surface area contributed by atoms with Crippen molar-refractivity contribution in [3.8, 4) is 0 Å². The van der Waals surface area contributed by atoms with E-state index in [2.05, 4.69) is 39.9 Å². The van der Waals surface area contributed by atoms with Crippen LogP contribution >= 0.6 is 0 Å². The standard InChI is InChI=1S/C14H30N2/c1-13(2,3)10-14(4,5)16-9-8-12(15)11-6-7-11/h11-12,16H,6-10,15H2,1-5H3. The van der Waals surface area contributed by atoms with Crippen LogP contribution in [0.25, 0.3) is 0 Å². The van der Waals surface area contributed by atoms with E-state index in [0.29, 0.717) is 11.5 Å². The number of rotatable bonds is 6. The molecular formula is C14H30N2. The summed E-state index contributed by atoms with van der Waals surface area (Å²) in [6.45, 7) is 12.5. The lowest BCUT2D eigenvalue weighted by atomic mass is 9.82. The normalized spacial score (nSPS) is 19.9. The Hall–Kier alpha value is -0.0800. The van der Waals surface area contributed by atoms with Crippen molar-refractivity contribution in [3.05, 3.63) is 0 Å². The van der Waals surface area contributed by atoms with Crippen molar-refractivity contribution >= 4 is 0 Å². The molecule has 0 aromatic heterocycles. The Morgan fingerprint density at radius 2 is 1.75 bits per heavy atom. The van der Waals surface area contributed by atoms with Gasteiger partial charge in [-0.15, -0.1) is 0 Å². The third kappa shape index (κ3) is 5.86. The first-order valence-corrected chi connectivity index (χ1v) is 6.70. The van der Waals surface area contributed by atoms with Gasteiger partial charge in [0.25, 0.3) is 0 Å². The first kappa shape index (κ1) is 14.0. The maximum absolute atomic E-state index is 6.10. The highest BCUT2D eigenvalue weighted by molar-refractivity contribution is 4.87. The number of nitrogens with two attached hydrogens (primary N) is 1. The molecule has 1 saturated carbocycles. The predicted molar refractivity (Wildman–Crippen MR) is 71.5 cm³/mol. The first-order valence-electron chi connectivity index (χ1n) is 6.70. The van der Waals surface area contributed by atoms with Gasteiger partial charge < -0.3 is 11.1 Å². The van der Waals surface area contributed by atoms with Gasteiger partial charge in [0.2, 0.25) is 0 Å². The van der Waals surface area contributed by atoms with E-state index in [9.17, 15) is 0 Å². The fourth-order valence-corrected chi connectivity index (χ4v) is 2.73. The van der Waals surface area contributed by atoms with E-state index in [4.69, 9.17) is 5.73 Å². The van der Waals surface area contributed by atoms with Crippen molar-refractivity contribution in [3.63, 3.8) is 0 Å². The molecule has 1 atom stereocenters. The second kappa shape index (κ2) is 5.05. The minimum atomic E-state index is 0.224. The maximum atomic E-state index is 6.10. The first-order chi connectivity index (χ1) is 7.20. The summed E-state index contributed by atoms with van der Waals surface area (Å²) >= 11 is 0. The van der Waals surface area contributed by atoms with Crippen LogP contribution in [0.15, 0.2) is 0 Å². The Morgan fingerprint density at radius 3 is 2.19 bits per heavy atom. The highest BCUT2D eigenvalue weighted by Gasteiger charge is 2.29. The van der Waals surface area contributed by atoms with Gasteiger partial charge in [0, 0.05) is 11.6 Å². The molecule has 0 aromatic carbocycles. The van der Waals surface area contributed by atoms with E-state index < -0.39 is 0 Å². The number of nitrogens with one attached hydrogen (secondary N) is 1. The van der Waals surface area contributed by atoms with Gasteiger partial charge in [-0.3, -0.25) is 0 Å². The SMILES string of the molecule is CC(C)(C)CC(C)(C)NCCC(N)C1CC1. The summed E-state index contributed by atoms with van der Waals surface area (Å²) in [5, 5.41) is 3.65. The van der Waals surface area contributed by atoms with Crippen LogP contribution in [0.1, 0.15) is 60.3 Å². The summed E-state index contributed by atoms with van der Waals surface area (Å²) in [7, 11) is 0. The molecule has 1 aliphatic carbocycles. The Morgan fingerprint density at radius 1 is 1.19 bits per heavy atom. The molecule has 0 bridgehead atoms. The zero-order chi connectivity index (χ0) is 12.4. The summed E-state index contributed by atoms with van der Waals surface area (Å²) in [4.78, 5) is 0. The average Bonchev–Trinajstić information content (AvgIpc) is 2.79. The zero-order valence-electron chi connectivity index (χ0n) is 11.8. The van der Waals surface area contributed by atoms with Crippen LogP contribution in [0.4, 0.5) is 0 Å². The van der Waals surface area contributed by atoms with Crippen LogP contribution < -0.4 is 11.1 Å². The summed E-state index contributed by atoms with van der Waals surface area (Å²) in [5.41, 5.74) is 6.70. The summed E-state index contributed by atoms with van der Waals surface area (Å²) in [5.74, 6) is 0.826. The molecule has 1 fully saturated rings. The maximum Gasteiger partial charge on any atom is 0.0130 e. The molecule has 1 unspecified atom stereocenters. The van der Waals surface area contributed by atoms with Gasteiger partial charge in [-0.2, -0.15) is 0 Å². The quantitative estimate of drug-likeness (QED) is 0.731. The van der Waals surface area contributed by atoms with E-state index in [1.807, 2.05) is 0 Å². The lowest BCUT2D eigenvalue weighted by molar-refractivity contribution is 0.240. The topological polar surface area (TPSA) is 38.0 Å². The zero-order valence-corrected chi connectivity index (χ0v) is 11.8. The van der Waals surface area contributed by atoms with Crippen LogP contribution in [-0.2, 0) is 0 Å². The Bertz CT molecular complexity index is 211. The highest BCUT2D eigenvalue weighted by atomic mass is 15.0. The Balaban J connectivity index is 2.19. The van der Waals surface area contributed by atoms with Gasteiger partial charge in [-0.1, -0.05) is 20.8 Å². The monoisotopic (exact) mass is 226 g/mol. The molecule has 0 amide bonds. The molecule has 2 heteroatoms. The lowest BCUT2D eigenvalue weighted by Crippen LogP contribution is -2.44. The largest absolute Gasteiger partial charge is 0.327 e. The van der Waals surface area contributed by atoms with Crippen LogP contribution in [0.2, 0.25) is 0 Å². The molecule has 0 aliphatic heterocycles. The molecule has 1 aliphatic rings. The molecule has 96 valence electrons. The van der Waals surface area contributed by atoms with Gasteiger partial charge >= 0.3 is 0 Å². The molecule has 16 heavy (non-hydrogen) atoms. The molecule has 0 radical (unpaired) electrons. The molecule has 2 nitrogen and oxygen atoms in total. The van der Waals surface area contributed by atoms with Crippen molar-refractivity contribution in [1.29, 1.82) is 0 Å². The smallest absolute Gasteiger partial charge is 0.0130 e. The van der Waals surface area contributed by atoms with Crippen LogP contribution in [0.3, 0.4) is 0 Å². The van der Waals surface area contributed by atoms with E-state index in [-0.39, 0.29) is 5.54 Å². The van der Waals surface area contributed by atoms with Gasteiger partial charge in [0.1, 0.15) is 0 Å². The lowest BCUT2D eigenvalue weighted by Gasteiger charge is -2.34. The van der Waals surface area contributed by atoms with Crippen LogP contribution in [-0.4, -0.2) is 18.1 Å². The number of hydrogen-bond acceptors (Lipinski definition) is 2. The Labute approximate surface area is 101 Å². The second-order valence-electron chi connectivity index (χ2n) is 7.34. The highest BCUT2D eigenvalue weighted by Crippen LogP contribution is 2.32. The second-order valence-corrected chi connectivity index (χ2v) is 7.34. The minimum absolute atomic E-state index is 0.224. The fraction of sp³-hybridized carbons (Fsp3) is 1.00. The molecule has 0 aromatic rings. The van der Waals surface area contributed by atoms with Gasteiger partial charge in [0.05, 0.1) is 0 Å². The van der Waals surface area contributed by atoms with Crippen molar-refractivity contribution in [1.82, 2.24) is 5.32 Å². The molecule has 0 heterocycles. The predicted octanol–water partition coefficient (Wildman–Crippen LogP) is 2.92. The summed E-state index contributed by atoms with van der Waals surface area (Å²) in [6.07, 6.45) is 5.02. The third-order valence-corrected chi connectivity index (χ3v) is 3.28. The van der Waals surface area contributed by atoms with Crippen molar-refractivity contribution in [2.24, 2.45) is 17.1 Å². The molecule has 0 spiro atoms. The third-order valence-electron chi connectivity index (χ3n) is 3.28. The molecule has 1 rings (SSSR count). The minimum Gasteiger partial charge on any atom is -0.327 e. The fourth-order valence-electron chi connectivity index (χ4n) is 2.73. The van der Waals surface area contributed by atoms with E-state index in [0.717, 1.165) is 18.9 Å². The Kier molecular flexibility index (Phi) is 4.42. The molecular weight excluding hydrogens is 196 g/mol. The number of hydrogen-bond donors (Lipinski definition) is 2. The van der Waals surface area contributed by atoms with E-state index >= 15 is 0 Å². The van der Waals surface area contributed by atoms with E-state index in [1.54, 1.807) is 0 Å². The summed E-state index contributed by atoms with van der Waals surface area (Å²) < 4.78 is 0.